The van der Waals surface area contributed by atoms with E-state index >= 15 is 0 Å². The highest BCUT2D eigenvalue weighted by molar-refractivity contribution is 7.92. The van der Waals surface area contributed by atoms with Crippen molar-refractivity contribution in [2.75, 3.05) is 23.7 Å². The molecule has 2 amide bonds. The van der Waals surface area contributed by atoms with Crippen molar-refractivity contribution in [1.82, 2.24) is 10.2 Å². The number of carbonyl (C=O) groups is 2. The minimum Gasteiger partial charge on any atom is -0.354 e. The molecule has 1 atom stereocenters. The highest BCUT2D eigenvalue weighted by Gasteiger charge is 2.29. The summed E-state index contributed by atoms with van der Waals surface area (Å²) in [4.78, 5) is 27.8. The van der Waals surface area contributed by atoms with Gasteiger partial charge in [0.1, 0.15) is 11.9 Å². The first kappa shape index (κ1) is 29.6. The quantitative estimate of drug-likeness (QED) is 0.403. The summed E-state index contributed by atoms with van der Waals surface area (Å²) < 4.78 is 39.9. The Labute approximate surface area is 218 Å². The number of sulfonamides is 1. The maximum absolute atomic E-state index is 14.3. The van der Waals surface area contributed by atoms with Crippen molar-refractivity contribution < 1.29 is 22.4 Å². The first-order chi connectivity index (χ1) is 16.9. The average Bonchev–Trinajstić information content (AvgIpc) is 2.81. The third-order valence-electron chi connectivity index (χ3n) is 5.61. The number of rotatable bonds is 13. The van der Waals surface area contributed by atoms with Crippen LogP contribution in [0.25, 0.3) is 0 Å². The first-order valence-corrected chi connectivity index (χ1v) is 14.2. The Kier molecular flexibility index (Phi) is 11.2. The van der Waals surface area contributed by atoms with Crippen LogP contribution in [0.1, 0.15) is 45.6 Å². The lowest BCUT2D eigenvalue weighted by Gasteiger charge is -2.31. The van der Waals surface area contributed by atoms with Crippen LogP contribution >= 0.6 is 11.6 Å². The Bertz CT molecular complexity index is 1130. The van der Waals surface area contributed by atoms with Gasteiger partial charge in [-0.25, -0.2) is 12.8 Å². The number of benzene rings is 2. The second-order valence-electron chi connectivity index (χ2n) is 9.10. The second-order valence-corrected chi connectivity index (χ2v) is 11.4. The van der Waals surface area contributed by atoms with Gasteiger partial charge in [-0.15, -0.1) is 0 Å². The van der Waals surface area contributed by atoms with Gasteiger partial charge in [-0.1, -0.05) is 56.6 Å². The number of carbonyl (C=O) groups excluding carboxylic acids is 2. The van der Waals surface area contributed by atoms with Gasteiger partial charge in [0.25, 0.3) is 0 Å². The van der Waals surface area contributed by atoms with Crippen LogP contribution in [0, 0.1) is 11.7 Å². The van der Waals surface area contributed by atoms with Crippen molar-refractivity contribution >= 4 is 39.1 Å². The Morgan fingerprint density at radius 3 is 2.28 bits per heavy atom. The summed E-state index contributed by atoms with van der Waals surface area (Å²) in [6.45, 7) is 6.43. The molecular formula is C26H35ClFN3O4S. The summed E-state index contributed by atoms with van der Waals surface area (Å²) in [5, 5.41) is 3.46. The largest absolute Gasteiger partial charge is 0.354 e. The Hall–Kier alpha value is -2.65. The summed E-state index contributed by atoms with van der Waals surface area (Å²) in [7, 11) is -3.77. The molecular weight excluding hydrogens is 505 g/mol. The van der Waals surface area contributed by atoms with Crippen molar-refractivity contribution in [3.05, 3.63) is 64.9 Å². The number of nitrogens with one attached hydrogen (secondary N) is 1. The molecule has 0 saturated heterocycles. The third kappa shape index (κ3) is 8.78. The second kappa shape index (κ2) is 13.6. The van der Waals surface area contributed by atoms with Crippen molar-refractivity contribution in [3.8, 4) is 0 Å². The van der Waals surface area contributed by atoms with Gasteiger partial charge in [0.2, 0.25) is 21.8 Å². The van der Waals surface area contributed by atoms with E-state index in [-0.39, 0.29) is 49.4 Å². The van der Waals surface area contributed by atoms with E-state index in [1.54, 1.807) is 30.3 Å². The first-order valence-electron chi connectivity index (χ1n) is 12.0. The summed E-state index contributed by atoms with van der Waals surface area (Å²) in [5.41, 5.74) is 0.747. The highest BCUT2D eigenvalue weighted by atomic mass is 35.5. The molecule has 36 heavy (non-hydrogen) atoms. The van der Waals surface area contributed by atoms with Gasteiger partial charge in [-0.2, -0.15) is 0 Å². The maximum atomic E-state index is 14.3. The van der Waals surface area contributed by atoms with Crippen LogP contribution in [0.15, 0.2) is 48.5 Å². The van der Waals surface area contributed by atoms with E-state index < -0.39 is 21.9 Å². The smallest absolute Gasteiger partial charge is 0.242 e. The van der Waals surface area contributed by atoms with E-state index in [0.717, 1.165) is 16.1 Å². The van der Waals surface area contributed by atoms with Gasteiger partial charge in [0.15, 0.2) is 0 Å². The fourth-order valence-corrected chi connectivity index (χ4v) is 4.86. The SMILES string of the molecule is CC[C@@H](C(=O)NCC(C)C)N(Cc1ccc(Cl)cc1)C(=O)CCCN(c1ccccc1F)S(C)(=O)=O. The van der Waals surface area contributed by atoms with Crippen LogP contribution in [0.2, 0.25) is 5.02 Å². The zero-order valence-corrected chi connectivity index (χ0v) is 22.8. The van der Waals surface area contributed by atoms with Crippen molar-refractivity contribution in [2.24, 2.45) is 5.92 Å². The minimum atomic E-state index is -3.77. The van der Waals surface area contributed by atoms with Crippen LogP contribution in [0.5, 0.6) is 0 Å². The number of para-hydroxylation sites is 1. The zero-order chi connectivity index (χ0) is 26.9. The number of anilines is 1. The lowest BCUT2D eigenvalue weighted by molar-refractivity contribution is -0.141. The van der Waals surface area contributed by atoms with Crippen LogP contribution in [0.3, 0.4) is 0 Å². The van der Waals surface area contributed by atoms with Gasteiger partial charge in [-0.05, 0) is 48.6 Å². The standard InChI is InChI=1S/C26H35ClFN3O4S/c1-5-23(26(33)29-17-19(2)3)30(18-20-12-14-21(27)15-13-20)25(32)11-8-16-31(36(4,34)35)24-10-7-6-9-22(24)28/h6-7,9-10,12-15,19,23H,5,8,11,16-18H2,1-4H3,(H,29,33)/t23-/m0/s1. The predicted molar refractivity (Wildman–Crippen MR) is 142 cm³/mol. The van der Waals surface area contributed by atoms with E-state index in [4.69, 9.17) is 11.6 Å². The molecule has 0 aliphatic carbocycles. The molecule has 2 aromatic rings. The Morgan fingerprint density at radius 1 is 1.08 bits per heavy atom. The molecule has 198 valence electrons. The predicted octanol–water partition coefficient (Wildman–Crippen LogP) is 4.60. The van der Waals surface area contributed by atoms with Crippen molar-refractivity contribution in [3.63, 3.8) is 0 Å². The van der Waals surface area contributed by atoms with Crippen molar-refractivity contribution in [2.45, 2.75) is 52.6 Å². The Morgan fingerprint density at radius 2 is 1.72 bits per heavy atom. The van der Waals surface area contributed by atoms with Crippen LogP contribution < -0.4 is 9.62 Å². The van der Waals surface area contributed by atoms with E-state index in [1.807, 2.05) is 20.8 Å². The molecule has 0 radical (unpaired) electrons. The molecule has 10 heteroatoms. The average molecular weight is 540 g/mol. The summed E-state index contributed by atoms with van der Waals surface area (Å²) >= 11 is 5.99. The molecule has 1 N–H and O–H groups in total. The summed E-state index contributed by atoms with van der Waals surface area (Å²) in [6, 6.07) is 11.9. The number of hydrogen-bond donors (Lipinski definition) is 1. The van der Waals surface area contributed by atoms with Crippen LogP contribution in [-0.4, -0.2) is 50.5 Å². The van der Waals surface area contributed by atoms with Gasteiger partial charge in [-0.3, -0.25) is 13.9 Å². The van der Waals surface area contributed by atoms with E-state index in [1.165, 1.54) is 23.1 Å². The van der Waals surface area contributed by atoms with Gasteiger partial charge >= 0.3 is 0 Å². The number of hydrogen-bond acceptors (Lipinski definition) is 4. The molecule has 2 rings (SSSR count). The molecule has 0 heterocycles. The maximum Gasteiger partial charge on any atom is 0.242 e. The number of amides is 2. The molecule has 0 spiro atoms. The number of halogens is 2. The van der Waals surface area contributed by atoms with Gasteiger partial charge in [0, 0.05) is 31.1 Å². The van der Waals surface area contributed by atoms with Crippen molar-refractivity contribution in [1.29, 1.82) is 0 Å². The molecule has 0 unspecified atom stereocenters. The Balaban J connectivity index is 2.21. The van der Waals surface area contributed by atoms with Crippen LogP contribution in [0.4, 0.5) is 10.1 Å². The van der Waals surface area contributed by atoms with Gasteiger partial charge < -0.3 is 10.2 Å². The van der Waals surface area contributed by atoms with E-state index in [2.05, 4.69) is 5.32 Å². The molecule has 0 aliphatic heterocycles. The molecule has 2 aromatic carbocycles. The highest BCUT2D eigenvalue weighted by Crippen LogP contribution is 2.22. The monoisotopic (exact) mass is 539 g/mol. The van der Waals surface area contributed by atoms with E-state index in [9.17, 15) is 22.4 Å². The summed E-state index contributed by atoms with van der Waals surface area (Å²) in [5.74, 6) is -0.935. The molecule has 0 fully saturated rings. The minimum absolute atomic E-state index is 0.0119. The third-order valence-corrected chi connectivity index (χ3v) is 7.04. The molecule has 0 bridgehead atoms. The summed E-state index contributed by atoms with van der Waals surface area (Å²) in [6.07, 6.45) is 1.55. The number of nitrogens with zero attached hydrogens (tertiary/aromatic N) is 2. The topological polar surface area (TPSA) is 86.8 Å². The fourth-order valence-electron chi connectivity index (χ4n) is 3.76. The zero-order valence-electron chi connectivity index (χ0n) is 21.2. The molecule has 7 nitrogen and oxygen atoms in total. The lowest BCUT2D eigenvalue weighted by Crippen LogP contribution is -2.49. The molecule has 0 aliphatic rings. The normalized spacial score (nSPS) is 12.3. The lowest BCUT2D eigenvalue weighted by atomic mass is 10.1. The van der Waals surface area contributed by atoms with Crippen LogP contribution in [-0.2, 0) is 26.2 Å². The molecule has 0 saturated carbocycles. The fraction of sp³-hybridized carbons (Fsp3) is 0.462. The molecule has 0 aromatic heterocycles. The van der Waals surface area contributed by atoms with Gasteiger partial charge in [0.05, 0.1) is 11.9 Å². The van der Waals surface area contributed by atoms with E-state index in [0.29, 0.717) is 18.0 Å².